The number of aromatic amines is 1. The second-order valence-corrected chi connectivity index (χ2v) is 4.97. The Morgan fingerprint density at radius 1 is 1.00 bits per heavy atom. The second kappa shape index (κ2) is 5.20. The number of H-pyrrole nitrogens is 1. The minimum Gasteiger partial charge on any atom is -0.360 e. The van der Waals surface area contributed by atoms with Gasteiger partial charge < -0.3 is 4.98 Å². The summed E-state index contributed by atoms with van der Waals surface area (Å²) in [5.41, 5.74) is 1.64. The van der Waals surface area contributed by atoms with Crippen LogP contribution in [-0.4, -0.2) is 10.9 Å². The number of aromatic nitrogens is 1. The van der Waals surface area contributed by atoms with E-state index in [1.165, 1.54) is 11.9 Å². The molecule has 0 bridgehead atoms. The van der Waals surface area contributed by atoms with Gasteiger partial charge in [-0.25, -0.2) is 0 Å². The molecule has 0 atom stereocenters. The molecule has 0 radical (unpaired) electrons. The van der Waals surface area contributed by atoms with Gasteiger partial charge in [-0.15, -0.1) is 0 Å². The van der Waals surface area contributed by atoms with Crippen molar-refractivity contribution in [2.45, 2.75) is 4.90 Å². The summed E-state index contributed by atoms with van der Waals surface area (Å²) in [6.45, 7) is 0. The first-order valence-electron chi connectivity index (χ1n) is 5.93. The minimum atomic E-state index is -0.0914. The molecule has 1 aromatic heterocycles. The minimum absolute atomic E-state index is 0.0914. The Labute approximate surface area is 115 Å². The topological polar surface area (TPSA) is 44.9 Å². The summed E-state index contributed by atoms with van der Waals surface area (Å²) < 4.78 is 2.85. The fraction of sp³-hybridized carbons (Fsp3) is 0. The van der Waals surface area contributed by atoms with Crippen molar-refractivity contribution in [3.05, 3.63) is 66.4 Å². The van der Waals surface area contributed by atoms with Gasteiger partial charge in [0.15, 0.2) is 0 Å². The van der Waals surface area contributed by atoms with E-state index in [2.05, 4.69) is 9.71 Å². The van der Waals surface area contributed by atoms with Crippen molar-refractivity contribution in [1.29, 1.82) is 0 Å². The zero-order chi connectivity index (χ0) is 13.1. The standard InChI is InChI=1S/C15H12N2OS/c18-15(17-19-11-6-2-1-3-7-11)13-10-16-14-9-5-4-8-12(13)14/h1-10,16H,(H,17,18). The molecule has 19 heavy (non-hydrogen) atoms. The van der Waals surface area contributed by atoms with Gasteiger partial charge in [0.05, 0.1) is 5.56 Å². The molecule has 0 saturated heterocycles. The summed E-state index contributed by atoms with van der Waals surface area (Å²) in [5.74, 6) is -0.0914. The van der Waals surface area contributed by atoms with Crippen LogP contribution in [0.1, 0.15) is 10.4 Å². The van der Waals surface area contributed by atoms with Crippen molar-refractivity contribution in [3.8, 4) is 0 Å². The highest BCUT2D eigenvalue weighted by Gasteiger charge is 2.11. The van der Waals surface area contributed by atoms with Crippen LogP contribution in [0.4, 0.5) is 0 Å². The lowest BCUT2D eigenvalue weighted by molar-refractivity contribution is 0.0986. The van der Waals surface area contributed by atoms with E-state index < -0.39 is 0 Å². The first-order valence-corrected chi connectivity index (χ1v) is 6.74. The van der Waals surface area contributed by atoms with E-state index >= 15 is 0 Å². The predicted molar refractivity (Wildman–Crippen MR) is 78.1 cm³/mol. The summed E-state index contributed by atoms with van der Waals surface area (Å²) >= 11 is 1.32. The lowest BCUT2D eigenvalue weighted by Gasteiger charge is -2.03. The quantitative estimate of drug-likeness (QED) is 0.713. The number of para-hydroxylation sites is 1. The van der Waals surface area contributed by atoms with E-state index in [1.54, 1.807) is 6.20 Å². The number of fused-ring (bicyclic) bond motifs is 1. The van der Waals surface area contributed by atoms with Crippen LogP contribution >= 0.6 is 11.9 Å². The normalized spacial score (nSPS) is 10.5. The average molecular weight is 268 g/mol. The van der Waals surface area contributed by atoms with Crippen LogP contribution < -0.4 is 4.72 Å². The molecule has 0 saturated carbocycles. The van der Waals surface area contributed by atoms with Gasteiger partial charge in [0, 0.05) is 22.0 Å². The van der Waals surface area contributed by atoms with E-state index in [4.69, 9.17) is 0 Å². The third-order valence-electron chi connectivity index (χ3n) is 2.84. The molecule has 2 N–H and O–H groups in total. The van der Waals surface area contributed by atoms with Crippen LogP contribution in [0, 0.1) is 0 Å². The maximum atomic E-state index is 12.1. The van der Waals surface area contributed by atoms with Gasteiger partial charge in [-0.3, -0.25) is 9.52 Å². The Hall–Kier alpha value is -2.20. The lowest BCUT2D eigenvalue weighted by Crippen LogP contribution is -2.15. The maximum Gasteiger partial charge on any atom is 0.263 e. The highest BCUT2D eigenvalue weighted by Crippen LogP contribution is 2.19. The van der Waals surface area contributed by atoms with E-state index in [0.29, 0.717) is 5.56 Å². The molecule has 1 heterocycles. The van der Waals surface area contributed by atoms with Crippen LogP contribution in [0.3, 0.4) is 0 Å². The maximum absolute atomic E-state index is 12.1. The molecule has 0 aliphatic heterocycles. The number of carbonyl (C=O) groups is 1. The van der Waals surface area contributed by atoms with Gasteiger partial charge in [-0.1, -0.05) is 36.4 Å². The van der Waals surface area contributed by atoms with E-state index in [0.717, 1.165) is 15.8 Å². The number of amides is 1. The summed E-state index contributed by atoms with van der Waals surface area (Å²) in [6, 6.07) is 17.5. The Balaban J connectivity index is 1.77. The molecule has 2 aromatic carbocycles. The van der Waals surface area contributed by atoms with Gasteiger partial charge in [0.25, 0.3) is 5.91 Å². The average Bonchev–Trinajstić information content (AvgIpc) is 2.90. The predicted octanol–water partition coefficient (Wildman–Crippen LogP) is 3.61. The number of nitrogens with one attached hydrogen (secondary N) is 2. The first kappa shape index (κ1) is 11.9. The summed E-state index contributed by atoms with van der Waals surface area (Å²) in [6.07, 6.45) is 1.74. The third kappa shape index (κ3) is 2.48. The number of rotatable bonds is 3. The van der Waals surface area contributed by atoms with Gasteiger partial charge >= 0.3 is 0 Å². The Morgan fingerprint density at radius 3 is 2.58 bits per heavy atom. The molecule has 1 amide bonds. The van der Waals surface area contributed by atoms with Gasteiger partial charge in [0.1, 0.15) is 0 Å². The van der Waals surface area contributed by atoms with Crippen LogP contribution in [0.5, 0.6) is 0 Å². The van der Waals surface area contributed by atoms with Crippen molar-refractivity contribution in [3.63, 3.8) is 0 Å². The highest BCUT2D eigenvalue weighted by atomic mass is 32.2. The first-order chi connectivity index (χ1) is 9.34. The number of hydrogen-bond acceptors (Lipinski definition) is 2. The van der Waals surface area contributed by atoms with Crippen LogP contribution in [0.2, 0.25) is 0 Å². The molecule has 4 heteroatoms. The highest BCUT2D eigenvalue weighted by molar-refractivity contribution is 7.98. The largest absolute Gasteiger partial charge is 0.360 e. The zero-order valence-electron chi connectivity index (χ0n) is 10.1. The molecule has 0 spiro atoms. The van der Waals surface area contributed by atoms with Crippen molar-refractivity contribution in [1.82, 2.24) is 9.71 Å². The third-order valence-corrected chi connectivity index (χ3v) is 3.63. The van der Waals surface area contributed by atoms with Gasteiger partial charge in [-0.2, -0.15) is 0 Å². The number of hydrogen-bond donors (Lipinski definition) is 2. The molecule has 3 nitrogen and oxygen atoms in total. The smallest absolute Gasteiger partial charge is 0.263 e. The summed E-state index contributed by atoms with van der Waals surface area (Å²) in [4.78, 5) is 16.2. The van der Waals surface area contributed by atoms with E-state index in [-0.39, 0.29) is 5.91 Å². The van der Waals surface area contributed by atoms with Crippen molar-refractivity contribution < 1.29 is 4.79 Å². The molecule has 0 aliphatic rings. The van der Waals surface area contributed by atoms with Crippen LogP contribution in [0.15, 0.2) is 65.7 Å². The van der Waals surface area contributed by atoms with Gasteiger partial charge in [0.2, 0.25) is 0 Å². The van der Waals surface area contributed by atoms with Gasteiger partial charge in [-0.05, 0) is 30.1 Å². The monoisotopic (exact) mass is 268 g/mol. The molecular weight excluding hydrogens is 256 g/mol. The Kier molecular flexibility index (Phi) is 3.25. The SMILES string of the molecule is O=C(NSc1ccccc1)c1c[nH]c2ccccc12. The Morgan fingerprint density at radius 2 is 1.74 bits per heavy atom. The number of carbonyl (C=O) groups excluding carboxylic acids is 1. The molecule has 0 fully saturated rings. The van der Waals surface area contributed by atoms with Crippen LogP contribution in [0.25, 0.3) is 10.9 Å². The molecule has 94 valence electrons. The second-order valence-electron chi connectivity index (χ2n) is 4.09. The van der Waals surface area contributed by atoms with Crippen molar-refractivity contribution in [2.24, 2.45) is 0 Å². The van der Waals surface area contributed by atoms with Crippen molar-refractivity contribution >= 4 is 28.8 Å². The fourth-order valence-electron chi connectivity index (χ4n) is 1.91. The van der Waals surface area contributed by atoms with Crippen molar-refractivity contribution in [2.75, 3.05) is 0 Å². The molecular formula is C15H12N2OS. The number of benzene rings is 2. The Bertz CT molecular complexity index is 706. The molecule has 0 unspecified atom stereocenters. The summed E-state index contributed by atoms with van der Waals surface area (Å²) in [5, 5.41) is 0.939. The zero-order valence-corrected chi connectivity index (χ0v) is 10.9. The van der Waals surface area contributed by atoms with Crippen LogP contribution in [-0.2, 0) is 0 Å². The molecule has 3 rings (SSSR count). The van der Waals surface area contributed by atoms with E-state index in [1.807, 2.05) is 54.6 Å². The fourth-order valence-corrected chi connectivity index (χ4v) is 2.52. The van der Waals surface area contributed by atoms with E-state index in [9.17, 15) is 4.79 Å². The molecule has 3 aromatic rings. The lowest BCUT2D eigenvalue weighted by atomic mass is 10.2. The molecule has 0 aliphatic carbocycles. The summed E-state index contributed by atoms with van der Waals surface area (Å²) in [7, 11) is 0.